The van der Waals surface area contributed by atoms with Crippen LogP contribution in [0.25, 0.3) is 11.3 Å². The minimum atomic E-state index is -0.361. The van der Waals surface area contributed by atoms with Crippen molar-refractivity contribution in [2.24, 2.45) is 5.92 Å². The first kappa shape index (κ1) is 15.3. The fourth-order valence-electron chi connectivity index (χ4n) is 2.07. The molecule has 112 valence electrons. The van der Waals surface area contributed by atoms with Gasteiger partial charge in [0.15, 0.2) is 5.76 Å². The Morgan fingerprint density at radius 2 is 2.05 bits per heavy atom. The van der Waals surface area contributed by atoms with Crippen LogP contribution in [0, 0.1) is 5.92 Å². The van der Waals surface area contributed by atoms with Gasteiger partial charge in [-0.1, -0.05) is 49.3 Å². The Morgan fingerprint density at radius 1 is 1.33 bits per heavy atom. The molecule has 5 nitrogen and oxygen atoms in total. The summed E-state index contributed by atoms with van der Waals surface area (Å²) in [6.45, 7) is 4.35. The summed E-state index contributed by atoms with van der Waals surface area (Å²) in [5, 5.41) is 7.19. The normalized spacial score (nSPS) is 12.4. The molecule has 1 aromatic heterocycles. The summed E-state index contributed by atoms with van der Waals surface area (Å²) in [5.74, 6) is 0.546. The van der Waals surface area contributed by atoms with E-state index in [0.29, 0.717) is 12.3 Å². The molecule has 0 aliphatic carbocycles. The van der Waals surface area contributed by atoms with Crippen LogP contribution in [0.1, 0.15) is 19.6 Å². The van der Waals surface area contributed by atoms with E-state index in [2.05, 4.69) is 10.5 Å². The number of hydrogen-bond acceptors (Lipinski definition) is 5. The molecule has 2 aromatic rings. The minimum Gasteiger partial charge on any atom is -0.468 e. The van der Waals surface area contributed by atoms with Gasteiger partial charge in [0, 0.05) is 11.6 Å². The summed E-state index contributed by atoms with van der Waals surface area (Å²) in [6.07, 6.45) is 0. The number of nitrogens with zero attached hydrogens (tertiary/aromatic N) is 1. The lowest BCUT2D eigenvalue weighted by Gasteiger charge is -2.18. The summed E-state index contributed by atoms with van der Waals surface area (Å²) in [6, 6.07) is 11.3. The standard InChI is InChI=1S/C16H20N2O3/c1-11(2)15(16(19)20-3)17-10-13-9-14(18-21-13)12-7-5-4-6-8-12/h4-9,11,15,17H,10H2,1-3H3. The van der Waals surface area contributed by atoms with Crippen LogP contribution in [-0.2, 0) is 16.1 Å². The van der Waals surface area contributed by atoms with Crippen molar-refractivity contribution in [3.63, 3.8) is 0 Å². The van der Waals surface area contributed by atoms with Crippen LogP contribution in [-0.4, -0.2) is 24.3 Å². The highest BCUT2D eigenvalue weighted by Crippen LogP contribution is 2.18. The van der Waals surface area contributed by atoms with Crippen molar-refractivity contribution < 1.29 is 14.1 Å². The molecule has 0 saturated carbocycles. The van der Waals surface area contributed by atoms with Gasteiger partial charge in [-0.05, 0) is 5.92 Å². The molecule has 0 amide bonds. The summed E-state index contributed by atoms with van der Waals surface area (Å²) >= 11 is 0. The van der Waals surface area contributed by atoms with Gasteiger partial charge in [-0.3, -0.25) is 10.1 Å². The van der Waals surface area contributed by atoms with Crippen LogP contribution in [0.15, 0.2) is 40.9 Å². The lowest BCUT2D eigenvalue weighted by atomic mass is 10.0. The number of carbonyl (C=O) groups excluding carboxylic acids is 1. The Kier molecular flexibility index (Phi) is 5.11. The van der Waals surface area contributed by atoms with Crippen molar-refractivity contribution in [1.29, 1.82) is 0 Å². The Labute approximate surface area is 124 Å². The molecule has 0 radical (unpaired) electrons. The second-order valence-electron chi connectivity index (χ2n) is 5.17. The third-order valence-corrected chi connectivity index (χ3v) is 3.25. The lowest BCUT2D eigenvalue weighted by molar-refractivity contribution is -0.144. The number of hydrogen-bond donors (Lipinski definition) is 1. The van der Waals surface area contributed by atoms with Crippen LogP contribution in [0.2, 0.25) is 0 Å². The van der Waals surface area contributed by atoms with Crippen molar-refractivity contribution in [3.05, 3.63) is 42.2 Å². The number of aromatic nitrogens is 1. The van der Waals surface area contributed by atoms with E-state index in [9.17, 15) is 4.79 Å². The monoisotopic (exact) mass is 288 g/mol. The molecule has 1 heterocycles. The van der Waals surface area contributed by atoms with Gasteiger partial charge in [-0.15, -0.1) is 0 Å². The van der Waals surface area contributed by atoms with Gasteiger partial charge in [0.05, 0.1) is 13.7 Å². The average molecular weight is 288 g/mol. The number of rotatable bonds is 6. The zero-order valence-electron chi connectivity index (χ0n) is 12.5. The van der Waals surface area contributed by atoms with Crippen molar-refractivity contribution >= 4 is 5.97 Å². The van der Waals surface area contributed by atoms with Crippen LogP contribution in [0.3, 0.4) is 0 Å². The average Bonchev–Trinajstić information content (AvgIpc) is 2.96. The zero-order chi connectivity index (χ0) is 15.2. The maximum Gasteiger partial charge on any atom is 0.323 e. The van der Waals surface area contributed by atoms with Gasteiger partial charge in [0.2, 0.25) is 0 Å². The van der Waals surface area contributed by atoms with Gasteiger partial charge < -0.3 is 9.26 Å². The molecular weight excluding hydrogens is 268 g/mol. The molecule has 21 heavy (non-hydrogen) atoms. The molecule has 1 N–H and O–H groups in total. The Hall–Kier alpha value is -2.14. The molecule has 1 atom stereocenters. The number of benzene rings is 1. The van der Waals surface area contributed by atoms with E-state index >= 15 is 0 Å². The number of ether oxygens (including phenoxy) is 1. The molecule has 0 fully saturated rings. The summed E-state index contributed by atoms with van der Waals surface area (Å²) in [4.78, 5) is 11.7. The first-order chi connectivity index (χ1) is 10.1. The SMILES string of the molecule is COC(=O)C(NCc1cc(-c2ccccc2)no1)C(C)C. The van der Waals surface area contributed by atoms with Crippen LogP contribution in [0.5, 0.6) is 0 Å². The van der Waals surface area contributed by atoms with Crippen LogP contribution in [0.4, 0.5) is 0 Å². The summed E-state index contributed by atoms with van der Waals surface area (Å²) < 4.78 is 10.1. The molecular formula is C16H20N2O3. The Balaban J connectivity index is 2.01. The molecule has 0 bridgehead atoms. The van der Waals surface area contributed by atoms with E-state index in [1.54, 1.807) is 0 Å². The maximum atomic E-state index is 11.7. The van der Waals surface area contributed by atoms with Gasteiger partial charge in [0.25, 0.3) is 0 Å². The third kappa shape index (κ3) is 3.92. The maximum absolute atomic E-state index is 11.7. The van der Waals surface area contributed by atoms with E-state index in [4.69, 9.17) is 9.26 Å². The van der Waals surface area contributed by atoms with E-state index < -0.39 is 0 Å². The van der Waals surface area contributed by atoms with E-state index in [0.717, 1.165) is 11.3 Å². The van der Waals surface area contributed by atoms with Crippen molar-refractivity contribution in [1.82, 2.24) is 10.5 Å². The second kappa shape index (κ2) is 7.04. The summed E-state index contributed by atoms with van der Waals surface area (Å²) in [5.41, 5.74) is 1.78. The van der Waals surface area contributed by atoms with Gasteiger partial charge >= 0.3 is 5.97 Å². The number of nitrogens with one attached hydrogen (secondary N) is 1. The first-order valence-corrected chi connectivity index (χ1v) is 6.94. The zero-order valence-corrected chi connectivity index (χ0v) is 12.5. The number of esters is 1. The van der Waals surface area contributed by atoms with E-state index in [-0.39, 0.29) is 17.9 Å². The van der Waals surface area contributed by atoms with Gasteiger partial charge in [0.1, 0.15) is 11.7 Å². The van der Waals surface area contributed by atoms with Gasteiger partial charge in [-0.2, -0.15) is 0 Å². The number of carbonyl (C=O) groups is 1. The largest absolute Gasteiger partial charge is 0.468 e. The highest BCUT2D eigenvalue weighted by atomic mass is 16.5. The number of methoxy groups -OCH3 is 1. The third-order valence-electron chi connectivity index (χ3n) is 3.25. The lowest BCUT2D eigenvalue weighted by Crippen LogP contribution is -2.41. The Bertz CT molecular complexity index is 578. The molecule has 1 unspecified atom stereocenters. The molecule has 0 aliphatic heterocycles. The second-order valence-corrected chi connectivity index (χ2v) is 5.17. The fraction of sp³-hybridized carbons (Fsp3) is 0.375. The van der Waals surface area contributed by atoms with Crippen LogP contribution >= 0.6 is 0 Å². The predicted molar refractivity (Wildman–Crippen MR) is 79.4 cm³/mol. The highest BCUT2D eigenvalue weighted by molar-refractivity contribution is 5.75. The molecule has 5 heteroatoms. The fourth-order valence-corrected chi connectivity index (χ4v) is 2.07. The molecule has 0 aliphatic rings. The quantitative estimate of drug-likeness (QED) is 0.828. The van der Waals surface area contributed by atoms with Crippen LogP contribution < -0.4 is 5.32 Å². The first-order valence-electron chi connectivity index (χ1n) is 6.94. The van der Waals surface area contributed by atoms with E-state index in [1.807, 2.05) is 50.2 Å². The minimum absolute atomic E-state index is 0.133. The van der Waals surface area contributed by atoms with Gasteiger partial charge in [-0.25, -0.2) is 0 Å². The topological polar surface area (TPSA) is 64.4 Å². The smallest absolute Gasteiger partial charge is 0.323 e. The molecule has 1 aromatic carbocycles. The molecule has 0 spiro atoms. The van der Waals surface area contributed by atoms with Crippen molar-refractivity contribution in [2.45, 2.75) is 26.4 Å². The summed E-state index contributed by atoms with van der Waals surface area (Å²) in [7, 11) is 1.39. The highest BCUT2D eigenvalue weighted by Gasteiger charge is 2.22. The van der Waals surface area contributed by atoms with Crippen molar-refractivity contribution in [2.75, 3.05) is 7.11 Å². The molecule has 0 saturated heterocycles. The predicted octanol–water partition coefficient (Wildman–Crippen LogP) is 2.63. The van der Waals surface area contributed by atoms with Crippen molar-refractivity contribution in [3.8, 4) is 11.3 Å². The van der Waals surface area contributed by atoms with E-state index in [1.165, 1.54) is 7.11 Å². The molecule has 2 rings (SSSR count). The Morgan fingerprint density at radius 3 is 2.67 bits per heavy atom.